The number of ether oxygens (including phenoxy) is 2. The normalized spacial score (nSPS) is 28.8. The number of carbonyl (C=O) groups is 1. The van der Waals surface area contributed by atoms with E-state index in [1.807, 2.05) is 4.90 Å². The maximum Gasteiger partial charge on any atom is 0.219 e. The van der Waals surface area contributed by atoms with Crippen LogP contribution in [0.5, 0.6) is 0 Å². The van der Waals surface area contributed by atoms with E-state index in [2.05, 4.69) is 0 Å². The van der Waals surface area contributed by atoms with Crippen molar-refractivity contribution in [3.8, 4) is 0 Å². The average Bonchev–Trinajstić information content (AvgIpc) is 3.29. The number of likely N-dealkylation sites (tertiary alicyclic amines) is 1. The first-order valence-corrected chi connectivity index (χ1v) is 8.64. The van der Waals surface area contributed by atoms with Gasteiger partial charge in [0.2, 0.25) is 5.91 Å². The van der Waals surface area contributed by atoms with Crippen LogP contribution in [0, 0.1) is 11.8 Å². The minimum absolute atomic E-state index is 0.0470. The molecule has 0 bridgehead atoms. The van der Waals surface area contributed by atoms with Crippen LogP contribution in [0.15, 0.2) is 0 Å². The fraction of sp³-hybridized carbons (Fsp3) is 0.941. The quantitative estimate of drug-likeness (QED) is 0.732. The monoisotopic (exact) mass is 295 g/mol. The molecule has 120 valence electrons. The van der Waals surface area contributed by atoms with Gasteiger partial charge in [0.1, 0.15) is 0 Å². The molecule has 2 aliphatic heterocycles. The second-order valence-electron chi connectivity index (χ2n) is 7.20. The molecule has 1 saturated carbocycles. The molecule has 4 heteroatoms. The summed E-state index contributed by atoms with van der Waals surface area (Å²) in [6.07, 6.45) is 8.25. The van der Waals surface area contributed by atoms with E-state index in [1.165, 1.54) is 25.7 Å². The third-order valence-corrected chi connectivity index (χ3v) is 5.44. The van der Waals surface area contributed by atoms with E-state index in [1.54, 1.807) is 6.92 Å². The standard InChI is InChI=1S/C17H29NO3/c1-14(19)18-8-6-17(7-9-18)12-15(5-11-21-17)4-10-20-13-16-2-3-16/h15-16H,2-13H2,1H3. The SMILES string of the molecule is CC(=O)N1CCC2(CC1)CC(CCOCC1CC1)CCO2. The lowest BCUT2D eigenvalue weighted by Gasteiger charge is -2.46. The van der Waals surface area contributed by atoms with Gasteiger partial charge in [-0.1, -0.05) is 0 Å². The van der Waals surface area contributed by atoms with Crippen molar-refractivity contribution in [1.82, 2.24) is 4.90 Å². The van der Waals surface area contributed by atoms with Crippen molar-refractivity contribution in [2.24, 2.45) is 11.8 Å². The topological polar surface area (TPSA) is 38.8 Å². The van der Waals surface area contributed by atoms with Crippen molar-refractivity contribution in [3.05, 3.63) is 0 Å². The van der Waals surface area contributed by atoms with Crippen LogP contribution in [-0.4, -0.2) is 49.3 Å². The van der Waals surface area contributed by atoms with Gasteiger partial charge in [0.15, 0.2) is 0 Å². The predicted octanol–water partition coefficient (Wildman–Crippen LogP) is 2.61. The van der Waals surface area contributed by atoms with Crippen molar-refractivity contribution in [3.63, 3.8) is 0 Å². The average molecular weight is 295 g/mol. The predicted molar refractivity (Wildman–Crippen MR) is 81.1 cm³/mol. The Bertz CT molecular complexity index is 359. The lowest BCUT2D eigenvalue weighted by molar-refractivity contribution is -0.146. The van der Waals surface area contributed by atoms with Crippen LogP contribution in [-0.2, 0) is 14.3 Å². The second kappa shape index (κ2) is 6.66. The molecule has 0 radical (unpaired) electrons. The molecule has 1 atom stereocenters. The van der Waals surface area contributed by atoms with Crippen LogP contribution in [0.25, 0.3) is 0 Å². The molecule has 1 aliphatic carbocycles. The molecule has 1 amide bonds. The van der Waals surface area contributed by atoms with Gasteiger partial charge in [0.05, 0.1) is 5.60 Å². The summed E-state index contributed by atoms with van der Waals surface area (Å²) < 4.78 is 11.9. The highest BCUT2D eigenvalue weighted by atomic mass is 16.5. The Morgan fingerprint density at radius 2 is 2.00 bits per heavy atom. The Hall–Kier alpha value is -0.610. The summed E-state index contributed by atoms with van der Waals surface area (Å²) in [7, 11) is 0. The minimum Gasteiger partial charge on any atom is -0.381 e. The first-order valence-electron chi connectivity index (χ1n) is 8.64. The molecule has 3 aliphatic rings. The smallest absolute Gasteiger partial charge is 0.219 e. The lowest BCUT2D eigenvalue weighted by atomic mass is 9.78. The van der Waals surface area contributed by atoms with E-state index in [4.69, 9.17) is 9.47 Å². The van der Waals surface area contributed by atoms with Gasteiger partial charge < -0.3 is 14.4 Å². The van der Waals surface area contributed by atoms with Crippen LogP contribution in [0.4, 0.5) is 0 Å². The number of amides is 1. The lowest BCUT2D eigenvalue weighted by Crippen LogP contribution is -2.50. The van der Waals surface area contributed by atoms with Crippen molar-refractivity contribution in [1.29, 1.82) is 0 Å². The summed E-state index contributed by atoms with van der Waals surface area (Å²) in [6, 6.07) is 0. The second-order valence-corrected chi connectivity index (χ2v) is 7.20. The van der Waals surface area contributed by atoms with E-state index >= 15 is 0 Å². The summed E-state index contributed by atoms with van der Waals surface area (Å²) in [5.74, 6) is 1.80. The van der Waals surface area contributed by atoms with Crippen LogP contribution in [0.1, 0.15) is 51.9 Å². The molecular formula is C17H29NO3. The zero-order chi connectivity index (χ0) is 14.7. The van der Waals surface area contributed by atoms with Gasteiger partial charge in [-0.25, -0.2) is 0 Å². The van der Waals surface area contributed by atoms with Crippen molar-refractivity contribution in [2.45, 2.75) is 57.5 Å². The van der Waals surface area contributed by atoms with Crippen molar-refractivity contribution < 1.29 is 14.3 Å². The Labute approximate surface area is 128 Å². The fourth-order valence-electron chi connectivity index (χ4n) is 3.74. The first-order chi connectivity index (χ1) is 10.2. The maximum absolute atomic E-state index is 11.4. The Kier molecular flexibility index (Phi) is 4.85. The first kappa shape index (κ1) is 15.3. The number of carbonyl (C=O) groups excluding carboxylic acids is 1. The van der Waals surface area contributed by atoms with Crippen molar-refractivity contribution in [2.75, 3.05) is 32.9 Å². The minimum atomic E-state index is 0.0470. The number of rotatable bonds is 5. The molecular weight excluding hydrogens is 266 g/mol. The molecule has 3 fully saturated rings. The molecule has 1 spiro atoms. The molecule has 0 aromatic heterocycles. The summed E-state index contributed by atoms with van der Waals surface area (Å²) in [5.41, 5.74) is 0.0470. The fourth-order valence-corrected chi connectivity index (χ4v) is 3.74. The van der Waals surface area contributed by atoms with Crippen LogP contribution in [0.3, 0.4) is 0 Å². The molecule has 0 aromatic carbocycles. The summed E-state index contributed by atoms with van der Waals surface area (Å²) in [4.78, 5) is 13.4. The summed E-state index contributed by atoms with van der Waals surface area (Å²) in [5, 5.41) is 0. The maximum atomic E-state index is 11.4. The zero-order valence-electron chi connectivity index (χ0n) is 13.3. The highest BCUT2D eigenvalue weighted by molar-refractivity contribution is 5.73. The van der Waals surface area contributed by atoms with E-state index in [0.29, 0.717) is 0 Å². The van der Waals surface area contributed by atoms with Crippen LogP contribution >= 0.6 is 0 Å². The van der Waals surface area contributed by atoms with E-state index in [-0.39, 0.29) is 11.5 Å². The van der Waals surface area contributed by atoms with Gasteiger partial charge in [-0.05, 0) is 56.8 Å². The van der Waals surface area contributed by atoms with Crippen molar-refractivity contribution >= 4 is 5.91 Å². The van der Waals surface area contributed by atoms with E-state index < -0.39 is 0 Å². The largest absolute Gasteiger partial charge is 0.381 e. The molecule has 4 nitrogen and oxygen atoms in total. The molecule has 2 saturated heterocycles. The van der Waals surface area contributed by atoms with Gasteiger partial charge in [-0.2, -0.15) is 0 Å². The third-order valence-electron chi connectivity index (χ3n) is 5.44. The molecule has 2 heterocycles. The van der Waals surface area contributed by atoms with E-state index in [9.17, 15) is 4.79 Å². The van der Waals surface area contributed by atoms with Gasteiger partial charge in [0.25, 0.3) is 0 Å². The number of piperidine rings is 1. The van der Waals surface area contributed by atoms with Gasteiger partial charge in [-0.15, -0.1) is 0 Å². The Morgan fingerprint density at radius 3 is 2.67 bits per heavy atom. The number of nitrogens with zero attached hydrogens (tertiary/aromatic N) is 1. The van der Waals surface area contributed by atoms with Gasteiger partial charge in [0, 0.05) is 39.8 Å². The zero-order valence-corrected chi connectivity index (χ0v) is 13.3. The third kappa shape index (κ3) is 4.19. The Morgan fingerprint density at radius 1 is 1.24 bits per heavy atom. The van der Waals surface area contributed by atoms with Gasteiger partial charge >= 0.3 is 0 Å². The van der Waals surface area contributed by atoms with Crippen LogP contribution < -0.4 is 0 Å². The highest BCUT2D eigenvalue weighted by Crippen LogP contribution is 2.38. The number of hydrogen-bond donors (Lipinski definition) is 0. The molecule has 0 N–H and O–H groups in total. The van der Waals surface area contributed by atoms with Crippen LogP contribution in [0.2, 0.25) is 0 Å². The summed E-state index contributed by atoms with van der Waals surface area (Å²) in [6.45, 7) is 6.16. The molecule has 1 unspecified atom stereocenters. The molecule has 21 heavy (non-hydrogen) atoms. The summed E-state index contributed by atoms with van der Waals surface area (Å²) >= 11 is 0. The molecule has 3 rings (SSSR count). The Balaban J connectivity index is 1.41. The number of hydrogen-bond acceptors (Lipinski definition) is 3. The molecule has 0 aromatic rings. The van der Waals surface area contributed by atoms with Gasteiger partial charge in [-0.3, -0.25) is 4.79 Å². The highest BCUT2D eigenvalue weighted by Gasteiger charge is 2.40. The van der Waals surface area contributed by atoms with E-state index in [0.717, 1.165) is 64.0 Å².